The molecule has 2 rings (SSSR count). The minimum atomic E-state index is -0.435. The van der Waals surface area contributed by atoms with Crippen LogP contribution in [-0.4, -0.2) is 49.2 Å². The highest BCUT2D eigenvalue weighted by atomic mass is 16.5. The van der Waals surface area contributed by atoms with E-state index in [-0.39, 0.29) is 11.6 Å². The van der Waals surface area contributed by atoms with Crippen LogP contribution in [0.25, 0.3) is 0 Å². The first-order valence-electron chi connectivity index (χ1n) is 7.18. The van der Waals surface area contributed by atoms with Crippen LogP contribution in [0.4, 0.5) is 11.5 Å². The fraction of sp³-hybridized carbons (Fsp3) is 0.250. The maximum Gasteiger partial charge on any atom is 0.337 e. The largest absolute Gasteiger partial charge is 0.465 e. The summed E-state index contributed by atoms with van der Waals surface area (Å²) in [6.07, 6.45) is 1.31. The van der Waals surface area contributed by atoms with Crippen molar-refractivity contribution in [2.75, 3.05) is 38.0 Å². The molecule has 0 radical (unpaired) electrons. The Morgan fingerprint density at radius 1 is 1.12 bits per heavy atom. The molecule has 0 aliphatic rings. The molecule has 0 spiro atoms. The number of aromatic nitrogens is 2. The number of hydrogen-bond donors (Lipinski definition) is 2. The van der Waals surface area contributed by atoms with Gasteiger partial charge < -0.3 is 20.1 Å². The summed E-state index contributed by atoms with van der Waals surface area (Å²) in [7, 11) is 2.91. The van der Waals surface area contributed by atoms with E-state index in [4.69, 9.17) is 4.74 Å². The fourth-order valence-electron chi connectivity index (χ4n) is 1.86. The molecule has 0 atom stereocenters. The molecule has 0 saturated carbocycles. The van der Waals surface area contributed by atoms with E-state index in [1.807, 2.05) is 0 Å². The number of ether oxygens (including phenoxy) is 2. The summed E-state index contributed by atoms with van der Waals surface area (Å²) in [4.78, 5) is 31.6. The lowest BCUT2D eigenvalue weighted by molar-refractivity contribution is 0.0600. The summed E-state index contributed by atoms with van der Waals surface area (Å²) >= 11 is 0. The number of methoxy groups -OCH3 is 2. The van der Waals surface area contributed by atoms with Gasteiger partial charge in [-0.2, -0.15) is 0 Å². The number of amides is 1. The summed E-state index contributed by atoms with van der Waals surface area (Å²) in [6.45, 7) is 1.10. The Bertz CT molecular complexity index is 703. The standard InChI is InChI=1S/C16H18N4O4/c1-23-8-7-17-14-9-13(18-10-19-14)15(21)20-12-5-3-11(4-6-12)16(22)24-2/h3-6,9-10H,7-8H2,1-2H3,(H,20,21)(H,17,18,19). The van der Waals surface area contributed by atoms with Crippen molar-refractivity contribution in [3.63, 3.8) is 0 Å². The summed E-state index contributed by atoms with van der Waals surface area (Å²) in [5.74, 6) is -0.276. The zero-order chi connectivity index (χ0) is 17.4. The summed E-state index contributed by atoms with van der Waals surface area (Å²) in [5.41, 5.74) is 1.17. The van der Waals surface area contributed by atoms with Crippen LogP contribution in [0.5, 0.6) is 0 Å². The lowest BCUT2D eigenvalue weighted by Crippen LogP contribution is -2.15. The Labute approximate surface area is 139 Å². The van der Waals surface area contributed by atoms with Gasteiger partial charge in [0.1, 0.15) is 17.8 Å². The number of rotatable bonds is 7. The first kappa shape index (κ1) is 17.4. The molecular formula is C16H18N4O4. The number of carbonyl (C=O) groups excluding carboxylic acids is 2. The Morgan fingerprint density at radius 2 is 1.88 bits per heavy atom. The molecule has 0 fully saturated rings. The van der Waals surface area contributed by atoms with Crippen molar-refractivity contribution in [3.8, 4) is 0 Å². The van der Waals surface area contributed by atoms with Crippen LogP contribution in [-0.2, 0) is 9.47 Å². The quantitative estimate of drug-likeness (QED) is 0.587. The van der Waals surface area contributed by atoms with Crippen LogP contribution in [0.1, 0.15) is 20.8 Å². The number of esters is 1. The SMILES string of the molecule is COCCNc1cc(C(=O)Nc2ccc(C(=O)OC)cc2)ncn1. The molecule has 24 heavy (non-hydrogen) atoms. The van der Waals surface area contributed by atoms with Crippen molar-refractivity contribution in [3.05, 3.63) is 47.9 Å². The molecule has 2 aromatic rings. The second-order valence-corrected chi connectivity index (χ2v) is 4.73. The van der Waals surface area contributed by atoms with E-state index >= 15 is 0 Å². The highest BCUT2D eigenvalue weighted by Gasteiger charge is 2.10. The van der Waals surface area contributed by atoms with E-state index in [0.717, 1.165) is 0 Å². The third-order valence-electron chi connectivity index (χ3n) is 3.08. The van der Waals surface area contributed by atoms with Gasteiger partial charge in [-0.3, -0.25) is 4.79 Å². The molecule has 0 aliphatic heterocycles. The van der Waals surface area contributed by atoms with E-state index in [1.54, 1.807) is 37.4 Å². The van der Waals surface area contributed by atoms with E-state index in [0.29, 0.717) is 30.2 Å². The maximum atomic E-state index is 12.2. The van der Waals surface area contributed by atoms with Gasteiger partial charge in [0, 0.05) is 25.4 Å². The Hall–Kier alpha value is -3.00. The van der Waals surface area contributed by atoms with Gasteiger partial charge in [0.2, 0.25) is 0 Å². The molecule has 0 saturated heterocycles. The molecule has 0 aliphatic carbocycles. The van der Waals surface area contributed by atoms with Gasteiger partial charge in [-0.05, 0) is 24.3 Å². The fourth-order valence-corrected chi connectivity index (χ4v) is 1.86. The zero-order valence-electron chi connectivity index (χ0n) is 13.4. The second kappa shape index (κ2) is 8.59. The van der Waals surface area contributed by atoms with Crippen molar-refractivity contribution in [2.45, 2.75) is 0 Å². The predicted octanol–water partition coefficient (Wildman–Crippen LogP) is 1.57. The predicted molar refractivity (Wildman–Crippen MR) is 88.1 cm³/mol. The molecule has 126 valence electrons. The van der Waals surface area contributed by atoms with Crippen molar-refractivity contribution in [2.24, 2.45) is 0 Å². The van der Waals surface area contributed by atoms with Gasteiger partial charge in [0.15, 0.2) is 0 Å². The van der Waals surface area contributed by atoms with Crippen LogP contribution in [0, 0.1) is 0 Å². The van der Waals surface area contributed by atoms with Gasteiger partial charge >= 0.3 is 5.97 Å². The van der Waals surface area contributed by atoms with E-state index in [9.17, 15) is 9.59 Å². The maximum absolute atomic E-state index is 12.2. The van der Waals surface area contributed by atoms with Crippen LogP contribution in [0.2, 0.25) is 0 Å². The van der Waals surface area contributed by atoms with Crippen LogP contribution in [0.3, 0.4) is 0 Å². The van der Waals surface area contributed by atoms with Gasteiger partial charge in [-0.25, -0.2) is 14.8 Å². The van der Waals surface area contributed by atoms with Gasteiger partial charge in [-0.15, -0.1) is 0 Å². The summed E-state index contributed by atoms with van der Waals surface area (Å²) in [5, 5.41) is 5.73. The van der Waals surface area contributed by atoms with Crippen LogP contribution < -0.4 is 10.6 Å². The molecule has 8 nitrogen and oxygen atoms in total. The monoisotopic (exact) mass is 330 g/mol. The van der Waals surface area contributed by atoms with Gasteiger partial charge in [0.05, 0.1) is 19.3 Å². The van der Waals surface area contributed by atoms with E-state index in [1.165, 1.54) is 13.4 Å². The van der Waals surface area contributed by atoms with Crippen LogP contribution in [0.15, 0.2) is 36.7 Å². The normalized spacial score (nSPS) is 10.1. The highest BCUT2D eigenvalue weighted by Crippen LogP contribution is 2.12. The number of carbonyl (C=O) groups is 2. The Balaban J connectivity index is 2.01. The topological polar surface area (TPSA) is 102 Å². The van der Waals surface area contributed by atoms with Crippen LogP contribution >= 0.6 is 0 Å². The number of benzene rings is 1. The number of hydrogen-bond acceptors (Lipinski definition) is 7. The lowest BCUT2D eigenvalue weighted by atomic mass is 10.2. The third-order valence-corrected chi connectivity index (χ3v) is 3.08. The molecule has 0 bridgehead atoms. The number of anilines is 2. The highest BCUT2D eigenvalue weighted by molar-refractivity contribution is 6.03. The molecular weight excluding hydrogens is 312 g/mol. The summed E-state index contributed by atoms with van der Waals surface area (Å²) < 4.78 is 9.56. The third kappa shape index (κ3) is 4.75. The Morgan fingerprint density at radius 3 is 2.54 bits per heavy atom. The van der Waals surface area contributed by atoms with Gasteiger partial charge in [-0.1, -0.05) is 0 Å². The minimum absolute atomic E-state index is 0.224. The molecule has 1 heterocycles. The molecule has 2 N–H and O–H groups in total. The molecule has 0 unspecified atom stereocenters. The molecule has 1 aromatic carbocycles. The minimum Gasteiger partial charge on any atom is -0.465 e. The average molecular weight is 330 g/mol. The van der Waals surface area contributed by atoms with Gasteiger partial charge in [0.25, 0.3) is 5.91 Å². The van der Waals surface area contributed by atoms with Crippen molar-refractivity contribution in [1.82, 2.24) is 9.97 Å². The number of nitrogens with one attached hydrogen (secondary N) is 2. The van der Waals surface area contributed by atoms with Crippen molar-refractivity contribution < 1.29 is 19.1 Å². The lowest BCUT2D eigenvalue weighted by Gasteiger charge is -2.08. The Kier molecular flexibility index (Phi) is 6.21. The second-order valence-electron chi connectivity index (χ2n) is 4.73. The van der Waals surface area contributed by atoms with Crippen molar-refractivity contribution >= 4 is 23.4 Å². The average Bonchev–Trinajstić information content (AvgIpc) is 2.62. The molecule has 1 aromatic heterocycles. The zero-order valence-corrected chi connectivity index (χ0v) is 13.4. The van der Waals surface area contributed by atoms with E-state index < -0.39 is 5.97 Å². The molecule has 1 amide bonds. The van der Waals surface area contributed by atoms with Crippen molar-refractivity contribution in [1.29, 1.82) is 0 Å². The number of nitrogens with zero attached hydrogens (tertiary/aromatic N) is 2. The first-order valence-corrected chi connectivity index (χ1v) is 7.18. The molecule has 8 heteroatoms. The van der Waals surface area contributed by atoms with E-state index in [2.05, 4.69) is 25.3 Å². The smallest absolute Gasteiger partial charge is 0.337 e. The first-order chi connectivity index (χ1) is 11.6. The summed E-state index contributed by atoms with van der Waals surface area (Å²) in [6, 6.07) is 7.91.